The van der Waals surface area contributed by atoms with Gasteiger partial charge in [0, 0.05) is 25.8 Å². The number of esters is 1. The number of nitrogens with zero attached hydrogens (tertiary/aromatic N) is 2. The fourth-order valence-corrected chi connectivity index (χ4v) is 3.06. The van der Waals surface area contributed by atoms with E-state index in [0.29, 0.717) is 48.4 Å². The lowest BCUT2D eigenvalue weighted by Crippen LogP contribution is -2.37. The fraction of sp³-hybridized carbons (Fsp3) is 0.684. The average molecular weight is 336 g/mol. The van der Waals surface area contributed by atoms with Gasteiger partial charge in [-0.25, -0.2) is 4.79 Å². The number of amides is 1. The molecule has 0 aliphatic rings. The predicted octanol–water partition coefficient (Wildman–Crippen LogP) is 3.57. The molecule has 0 aliphatic heterocycles. The summed E-state index contributed by atoms with van der Waals surface area (Å²) in [5.41, 5.74) is 2.60. The maximum absolute atomic E-state index is 13.2. The highest BCUT2D eigenvalue weighted by atomic mass is 16.5. The second-order valence-electron chi connectivity index (χ2n) is 7.21. The zero-order valence-electron chi connectivity index (χ0n) is 16.4. The first-order valence-corrected chi connectivity index (χ1v) is 8.73. The lowest BCUT2D eigenvalue weighted by molar-refractivity contribution is 0.0514. The molecule has 0 unspecified atom stereocenters. The van der Waals surface area contributed by atoms with Crippen molar-refractivity contribution in [1.29, 1.82) is 0 Å². The van der Waals surface area contributed by atoms with Gasteiger partial charge >= 0.3 is 5.97 Å². The van der Waals surface area contributed by atoms with Gasteiger partial charge in [-0.1, -0.05) is 27.7 Å². The van der Waals surface area contributed by atoms with E-state index in [1.807, 2.05) is 18.7 Å². The number of carbonyl (C=O) groups is 2. The van der Waals surface area contributed by atoms with E-state index in [1.165, 1.54) is 0 Å². The van der Waals surface area contributed by atoms with E-state index in [2.05, 4.69) is 27.7 Å². The summed E-state index contributed by atoms with van der Waals surface area (Å²) in [6.45, 7) is 15.6. The average Bonchev–Trinajstić information content (AvgIpc) is 2.67. The number of rotatable bonds is 7. The van der Waals surface area contributed by atoms with E-state index in [1.54, 1.807) is 18.5 Å². The van der Waals surface area contributed by atoms with Crippen LogP contribution < -0.4 is 0 Å². The summed E-state index contributed by atoms with van der Waals surface area (Å²) < 4.78 is 6.91. The molecule has 0 atom stereocenters. The van der Waals surface area contributed by atoms with Crippen LogP contribution in [0.3, 0.4) is 0 Å². The third-order valence-electron chi connectivity index (χ3n) is 4.07. The van der Waals surface area contributed by atoms with Gasteiger partial charge in [-0.05, 0) is 38.2 Å². The molecule has 1 aromatic rings. The molecule has 136 valence electrons. The minimum absolute atomic E-state index is 0.00134. The Hall–Kier alpha value is -1.78. The van der Waals surface area contributed by atoms with Gasteiger partial charge in [0.25, 0.3) is 5.91 Å². The molecule has 0 radical (unpaired) electrons. The molecule has 1 amide bonds. The molecule has 0 N–H and O–H groups in total. The van der Waals surface area contributed by atoms with Crippen molar-refractivity contribution in [2.75, 3.05) is 19.7 Å². The third kappa shape index (κ3) is 4.40. The van der Waals surface area contributed by atoms with Crippen LogP contribution >= 0.6 is 0 Å². The number of aromatic nitrogens is 1. The maximum atomic E-state index is 13.2. The van der Waals surface area contributed by atoms with Crippen molar-refractivity contribution in [3.8, 4) is 0 Å². The molecule has 0 saturated carbocycles. The molecule has 0 saturated heterocycles. The van der Waals surface area contributed by atoms with Gasteiger partial charge in [0.05, 0.1) is 12.2 Å². The summed E-state index contributed by atoms with van der Waals surface area (Å²) >= 11 is 0. The number of carbonyl (C=O) groups excluding carboxylic acids is 2. The molecule has 0 aromatic carbocycles. The zero-order valence-corrected chi connectivity index (χ0v) is 16.4. The molecule has 1 heterocycles. The van der Waals surface area contributed by atoms with Gasteiger partial charge in [0.2, 0.25) is 0 Å². The van der Waals surface area contributed by atoms with E-state index < -0.39 is 0 Å². The molecular weight excluding hydrogens is 304 g/mol. The molecule has 5 nitrogen and oxygen atoms in total. The Kier molecular flexibility index (Phi) is 7.06. The molecule has 5 heteroatoms. The van der Waals surface area contributed by atoms with Gasteiger partial charge in [0.1, 0.15) is 5.69 Å². The van der Waals surface area contributed by atoms with Crippen molar-refractivity contribution in [2.45, 2.75) is 48.5 Å². The highest BCUT2D eigenvalue weighted by Crippen LogP contribution is 2.24. The lowest BCUT2D eigenvalue weighted by Gasteiger charge is -2.27. The molecular formula is C19H32N2O3. The highest BCUT2D eigenvalue weighted by molar-refractivity contribution is 6.01. The van der Waals surface area contributed by atoms with Crippen LogP contribution in [0.5, 0.6) is 0 Å². The fourth-order valence-electron chi connectivity index (χ4n) is 3.06. The van der Waals surface area contributed by atoms with E-state index >= 15 is 0 Å². The highest BCUT2D eigenvalue weighted by Gasteiger charge is 2.28. The van der Waals surface area contributed by atoms with Crippen LogP contribution in [0.1, 0.15) is 66.7 Å². The van der Waals surface area contributed by atoms with Gasteiger partial charge < -0.3 is 14.2 Å². The predicted molar refractivity (Wildman–Crippen MR) is 96.4 cm³/mol. The molecule has 1 rings (SSSR count). The van der Waals surface area contributed by atoms with E-state index in [4.69, 9.17) is 4.74 Å². The second-order valence-corrected chi connectivity index (χ2v) is 7.21. The lowest BCUT2D eigenvalue weighted by atomic mass is 10.1. The van der Waals surface area contributed by atoms with Crippen LogP contribution in [-0.4, -0.2) is 41.0 Å². The number of ether oxygens (including phenoxy) is 1. The van der Waals surface area contributed by atoms with Crippen molar-refractivity contribution < 1.29 is 14.3 Å². The van der Waals surface area contributed by atoms with E-state index in [0.717, 1.165) is 5.69 Å². The Bertz CT molecular complexity index is 590. The van der Waals surface area contributed by atoms with Gasteiger partial charge in [0.15, 0.2) is 0 Å². The number of hydrogen-bond acceptors (Lipinski definition) is 3. The Labute approximate surface area is 146 Å². The summed E-state index contributed by atoms with van der Waals surface area (Å²) in [6, 6.07) is 0. The van der Waals surface area contributed by atoms with Crippen LogP contribution in [-0.2, 0) is 11.8 Å². The number of hydrogen-bond donors (Lipinski definition) is 0. The normalized spacial score (nSPS) is 11.2. The largest absolute Gasteiger partial charge is 0.461 e. The zero-order chi connectivity index (χ0) is 18.6. The molecule has 0 aliphatic carbocycles. The Morgan fingerprint density at radius 3 is 2.00 bits per heavy atom. The van der Waals surface area contributed by atoms with Gasteiger partial charge in [-0.15, -0.1) is 0 Å². The summed E-state index contributed by atoms with van der Waals surface area (Å²) in [4.78, 5) is 27.3. The topological polar surface area (TPSA) is 51.5 Å². The van der Waals surface area contributed by atoms with E-state index in [-0.39, 0.29) is 11.9 Å². The van der Waals surface area contributed by atoms with Gasteiger partial charge in [-0.3, -0.25) is 4.79 Å². The second kappa shape index (κ2) is 8.36. The van der Waals surface area contributed by atoms with Crippen LogP contribution in [0.2, 0.25) is 0 Å². The van der Waals surface area contributed by atoms with E-state index in [9.17, 15) is 9.59 Å². The monoisotopic (exact) mass is 336 g/mol. The van der Waals surface area contributed by atoms with Crippen LogP contribution in [0.4, 0.5) is 0 Å². The minimum atomic E-state index is -0.376. The van der Waals surface area contributed by atoms with Crippen molar-refractivity contribution in [3.63, 3.8) is 0 Å². The van der Waals surface area contributed by atoms with Crippen LogP contribution in [0, 0.1) is 25.7 Å². The first kappa shape index (κ1) is 20.3. The van der Waals surface area contributed by atoms with Gasteiger partial charge in [-0.2, -0.15) is 0 Å². The molecule has 0 fully saturated rings. The quantitative estimate of drug-likeness (QED) is 0.715. The summed E-state index contributed by atoms with van der Waals surface area (Å²) in [6.07, 6.45) is 0. The van der Waals surface area contributed by atoms with Crippen molar-refractivity contribution in [1.82, 2.24) is 9.47 Å². The Morgan fingerprint density at radius 2 is 1.58 bits per heavy atom. The third-order valence-corrected chi connectivity index (χ3v) is 4.07. The van der Waals surface area contributed by atoms with Crippen LogP contribution in [0.15, 0.2) is 0 Å². The van der Waals surface area contributed by atoms with Crippen molar-refractivity contribution in [2.24, 2.45) is 18.9 Å². The summed E-state index contributed by atoms with van der Waals surface area (Å²) in [5, 5.41) is 0. The smallest absolute Gasteiger partial charge is 0.355 e. The summed E-state index contributed by atoms with van der Waals surface area (Å²) in [5.74, 6) is 0.403. The molecule has 1 aromatic heterocycles. The minimum Gasteiger partial charge on any atom is -0.461 e. The molecule has 0 bridgehead atoms. The van der Waals surface area contributed by atoms with Crippen LogP contribution in [0.25, 0.3) is 0 Å². The Balaban J connectivity index is 3.30. The Morgan fingerprint density at radius 1 is 1.08 bits per heavy atom. The standard InChI is InChI=1S/C19H32N2O3/c1-9-24-19(23)17-14(6)16(15(7)20(17)8)18(22)21(10-12(2)3)11-13(4)5/h12-13H,9-11H2,1-8H3. The molecule has 24 heavy (non-hydrogen) atoms. The molecule has 0 spiro atoms. The first-order valence-electron chi connectivity index (χ1n) is 8.73. The maximum Gasteiger partial charge on any atom is 0.355 e. The summed E-state index contributed by atoms with van der Waals surface area (Å²) in [7, 11) is 1.81. The van der Waals surface area contributed by atoms with Crippen molar-refractivity contribution in [3.05, 3.63) is 22.5 Å². The van der Waals surface area contributed by atoms with Crippen molar-refractivity contribution >= 4 is 11.9 Å². The SMILES string of the molecule is CCOC(=O)c1c(C)c(C(=O)N(CC(C)C)CC(C)C)c(C)n1C. The first-order chi connectivity index (χ1) is 11.1.